The average molecular weight is 507 g/mol. The molecule has 9 nitrogen and oxygen atoms in total. The van der Waals surface area contributed by atoms with Crippen molar-refractivity contribution in [1.82, 2.24) is 24.3 Å². The van der Waals surface area contributed by atoms with E-state index in [1.54, 1.807) is 23.2 Å². The number of fused-ring (bicyclic) bond motifs is 1. The lowest BCUT2D eigenvalue weighted by atomic mass is 10.2. The van der Waals surface area contributed by atoms with Crippen LogP contribution in [0.2, 0.25) is 5.02 Å². The number of carbonyl (C=O) groups excluding carboxylic acids is 1. The minimum atomic E-state index is -0.199. The number of rotatable bonds is 6. The first kappa shape index (κ1) is 23.9. The first-order chi connectivity index (χ1) is 17.6. The molecule has 36 heavy (non-hydrogen) atoms. The van der Waals surface area contributed by atoms with E-state index < -0.39 is 0 Å². The number of imidazole rings is 1. The van der Waals surface area contributed by atoms with Gasteiger partial charge in [0.2, 0.25) is 0 Å². The minimum absolute atomic E-state index is 0.199. The summed E-state index contributed by atoms with van der Waals surface area (Å²) < 4.78 is 12.7. The molecule has 0 spiro atoms. The van der Waals surface area contributed by atoms with Gasteiger partial charge in [-0.25, -0.2) is 14.8 Å². The molecule has 0 aliphatic carbocycles. The quantitative estimate of drug-likeness (QED) is 0.416. The van der Waals surface area contributed by atoms with Crippen LogP contribution in [0, 0.1) is 0 Å². The van der Waals surface area contributed by atoms with Crippen molar-refractivity contribution in [2.45, 2.75) is 6.54 Å². The fourth-order valence-corrected chi connectivity index (χ4v) is 4.62. The van der Waals surface area contributed by atoms with Crippen LogP contribution in [0.1, 0.15) is 5.82 Å². The molecule has 1 aliphatic heterocycles. The predicted octanol–water partition coefficient (Wildman–Crippen LogP) is 4.44. The number of carbonyl (C=O) groups is 1. The van der Waals surface area contributed by atoms with Gasteiger partial charge in [-0.3, -0.25) is 9.47 Å². The van der Waals surface area contributed by atoms with E-state index in [1.165, 1.54) is 14.2 Å². The lowest BCUT2D eigenvalue weighted by Crippen LogP contribution is -2.49. The van der Waals surface area contributed by atoms with Gasteiger partial charge in [0, 0.05) is 44.1 Å². The molecule has 0 saturated carbocycles. The van der Waals surface area contributed by atoms with E-state index in [2.05, 4.69) is 31.9 Å². The molecule has 186 valence electrons. The van der Waals surface area contributed by atoms with Crippen molar-refractivity contribution in [3.8, 4) is 17.2 Å². The van der Waals surface area contributed by atoms with Crippen molar-refractivity contribution in [2.75, 3.05) is 45.7 Å². The molecule has 0 bridgehead atoms. The number of hydrogen-bond acceptors (Lipinski definition) is 6. The highest BCUT2D eigenvalue weighted by atomic mass is 35.5. The normalized spacial score (nSPS) is 14.1. The molecule has 2 aromatic heterocycles. The third-order valence-electron chi connectivity index (χ3n) is 6.24. The number of hydrogen-bond donors (Lipinski definition) is 1. The maximum Gasteiger partial charge on any atom is 0.322 e. The zero-order chi connectivity index (χ0) is 25.1. The van der Waals surface area contributed by atoms with Crippen LogP contribution in [0.25, 0.3) is 16.9 Å². The number of piperazine rings is 1. The number of nitrogens with one attached hydrogen (secondary N) is 1. The van der Waals surface area contributed by atoms with Gasteiger partial charge < -0.3 is 19.7 Å². The van der Waals surface area contributed by atoms with Crippen LogP contribution < -0.4 is 14.8 Å². The zero-order valence-electron chi connectivity index (χ0n) is 20.1. The van der Waals surface area contributed by atoms with Crippen LogP contribution >= 0.6 is 11.6 Å². The molecule has 4 aromatic rings. The van der Waals surface area contributed by atoms with Gasteiger partial charge in [0.1, 0.15) is 22.8 Å². The second-order valence-electron chi connectivity index (χ2n) is 8.43. The Morgan fingerprint density at radius 3 is 2.47 bits per heavy atom. The summed E-state index contributed by atoms with van der Waals surface area (Å²) in [4.78, 5) is 26.5. The van der Waals surface area contributed by atoms with Gasteiger partial charge >= 0.3 is 6.03 Å². The van der Waals surface area contributed by atoms with Crippen LogP contribution in [0.4, 0.5) is 10.5 Å². The third kappa shape index (κ3) is 4.80. The highest BCUT2D eigenvalue weighted by Crippen LogP contribution is 2.36. The second kappa shape index (κ2) is 10.4. The van der Waals surface area contributed by atoms with Gasteiger partial charge in [-0.15, -0.1) is 0 Å². The Kier molecular flexibility index (Phi) is 6.92. The molecule has 3 heterocycles. The molecular formula is C26H27ClN6O3. The number of para-hydroxylation sites is 1. The number of benzene rings is 2. The van der Waals surface area contributed by atoms with Crippen molar-refractivity contribution in [3.05, 3.63) is 71.6 Å². The lowest BCUT2D eigenvalue weighted by molar-refractivity contribution is 0.140. The Morgan fingerprint density at radius 1 is 1.00 bits per heavy atom. The van der Waals surface area contributed by atoms with Gasteiger partial charge in [0.15, 0.2) is 5.65 Å². The number of ether oxygens (including phenoxy) is 2. The molecule has 10 heteroatoms. The minimum Gasteiger partial charge on any atom is -0.495 e. The van der Waals surface area contributed by atoms with Gasteiger partial charge in [0.05, 0.1) is 31.5 Å². The van der Waals surface area contributed by atoms with E-state index in [0.717, 1.165) is 35.8 Å². The van der Waals surface area contributed by atoms with Crippen LogP contribution in [0.3, 0.4) is 0 Å². The summed E-state index contributed by atoms with van der Waals surface area (Å²) in [6, 6.07) is 17.1. The summed E-state index contributed by atoms with van der Waals surface area (Å²) >= 11 is 6.25. The lowest BCUT2D eigenvalue weighted by Gasteiger charge is -2.34. The number of halogens is 1. The summed E-state index contributed by atoms with van der Waals surface area (Å²) in [7, 11) is 3.07. The van der Waals surface area contributed by atoms with Crippen molar-refractivity contribution in [2.24, 2.45) is 0 Å². The maximum atomic E-state index is 13.0. The highest BCUT2D eigenvalue weighted by Gasteiger charge is 2.24. The van der Waals surface area contributed by atoms with Crippen molar-refractivity contribution < 1.29 is 14.3 Å². The first-order valence-electron chi connectivity index (χ1n) is 11.6. The Bertz CT molecular complexity index is 1370. The predicted molar refractivity (Wildman–Crippen MR) is 139 cm³/mol. The topological polar surface area (TPSA) is 84.8 Å². The molecular weight excluding hydrogens is 480 g/mol. The number of urea groups is 1. The highest BCUT2D eigenvalue weighted by molar-refractivity contribution is 6.32. The molecule has 2 amide bonds. The average Bonchev–Trinajstić information content (AvgIpc) is 3.27. The Hall–Kier alpha value is -3.82. The SMILES string of the molecule is COc1cc(OC)c(NC(=O)N2CCN(Cc3nc4cccnc4n3-c3ccccc3)CC2)cc1Cl. The summed E-state index contributed by atoms with van der Waals surface area (Å²) in [6.07, 6.45) is 1.79. The third-order valence-corrected chi connectivity index (χ3v) is 6.54. The van der Waals surface area contributed by atoms with Crippen LogP contribution in [-0.2, 0) is 6.54 Å². The molecule has 0 unspecified atom stereocenters. The Balaban J connectivity index is 1.27. The van der Waals surface area contributed by atoms with Crippen LogP contribution in [0.15, 0.2) is 60.8 Å². The molecule has 5 rings (SSSR count). The van der Waals surface area contributed by atoms with E-state index in [9.17, 15) is 4.79 Å². The number of aromatic nitrogens is 3. The van der Waals surface area contributed by atoms with Crippen molar-refractivity contribution in [1.29, 1.82) is 0 Å². The molecule has 1 fully saturated rings. The summed E-state index contributed by atoms with van der Waals surface area (Å²) in [5.74, 6) is 1.89. The van der Waals surface area contributed by atoms with Crippen molar-refractivity contribution >= 4 is 34.5 Å². The number of methoxy groups -OCH3 is 2. The maximum absolute atomic E-state index is 13.0. The van der Waals surface area contributed by atoms with E-state index >= 15 is 0 Å². The molecule has 0 atom stereocenters. The summed E-state index contributed by atoms with van der Waals surface area (Å²) in [5.41, 5.74) is 3.23. The molecule has 1 saturated heterocycles. The largest absolute Gasteiger partial charge is 0.495 e. The number of nitrogens with zero attached hydrogens (tertiary/aromatic N) is 5. The fourth-order valence-electron chi connectivity index (χ4n) is 4.37. The smallest absolute Gasteiger partial charge is 0.322 e. The standard InChI is InChI=1S/C26H27ClN6O3/c1-35-22-16-23(36-2)21(15-19(22)27)30-26(34)32-13-11-31(12-14-32)17-24-29-20-9-6-10-28-25(20)33(24)18-7-4-3-5-8-18/h3-10,15-16H,11-14,17H2,1-2H3,(H,30,34). The van der Waals surface area contributed by atoms with Gasteiger partial charge in [-0.1, -0.05) is 29.8 Å². The zero-order valence-corrected chi connectivity index (χ0v) is 20.9. The van der Waals surface area contributed by atoms with E-state index in [0.29, 0.717) is 41.8 Å². The summed E-state index contributed by atoms with van der Waals surface area (Å²) in [5, 5.41) is 3.31. The first-order valence-corrected chi connectivity index (χ1v) is 12.0. The number of amides is 2. The van der Waals surface area contributed by atoms with Gasteiger partial charge in [-0.05, 0) is 30.3 Å². The van der Waals surface area contributed by atoms with Crippen LogP contribution in [0.5, 0.6) is 11.5 Å². The Labute approximate surface area is 214 Å². The summed E-state index contributed by atoms with van der Waals surface area (Å²) in [6.45, 7) is 3.27. The molecule has 1 N–H and O–H groups in total. The number of anilines is 1. The second-order valence-corrected chi connectivity index (χ2v) is 8.83. The fraction of sp³-hybridized carbons (Fsp3) is 0.269. The van der Waals surface area contributed by atoms with Gasteiger partial charge in [-0.2, -0.15) is 0 Å². The number of pyridine rings is 1. The van der Waals surface area contributed by atoms with E-state index in [1.807, 2.05) is 30.3 Å². The monoisotopic (exact) mass is 506 g/mol. The Morgan fingerprint density at radius 2 is 1.75 bits per heavy atom. The van der Waals surface area contributed by atoms with Crippen molar-refractivity contribution in [3.63, 3.8) is 0 Å². The van der Waals surface area contributed by atoms with E-state index in [4.69, 9.17) is 26.1 Å². The molecule has 1 aliphatic rings. The van der Waals surface area contributed by atoms with E-state index in [-0.39, 0.29) is 6.03 Å². The van der Waals surface area contributed by atoms with Gasteiger partial charge in [0.25, 0.3) is 0 Å². The molecule has 0 radical (unpaired) electrons. The van der Waals surface area contributed by atoms with Crippen LogP contribution in [-0.4, -0.2) is 70.8 Å². The molecule has 2 aromatic carbocycles.